The van der Waals surface area contributed by atoms with Gasteiger partial charge in [0.1, 0.15) is 5.75 Å². The Kier molecular flexibility index (Phi) is 5.87. The highest BCUT2D eigenvalue weighted by Gasteiger charge is 2.25. The molecular formula is C16H24N2O2. The fourth-order valence-corrected chi connectivity index (χ4v) is 2.57. The quantitative estimate of drug-likeness (QED) is 0.829. The molecule has 110 valence electrons. The number of benzene rings is 1. The summed E-state index contributed by atoms with van der Waals surface area (Å²) in [6.45, 7) is 5.34. The summed E-state index contributed by atoms with van der Waals surface area (Å²) in [5, 5.41) is 3.32. The number of rotatable bonds is 7. The number of nitrogens with zero attached hydrogens (tertiary/aromatic N) is 1. The van der Waals surface area contributed by atoms with Gasteiger partial charge in [-0.3, -0.25) is 4.79 Å². The van der Waals surface area contributed by atoms with Crippen LogP contribution in [0.15, 0.2) is 30.3 Å². The highest BCUT2D eigenvalue weighted by Crippen LogP contribution is 2.12. The zero-order valence-corrected chi connectivity index (χ0v) is 12.2. The molecule has 1 atom stereocenters. The van der Waals surface area contributed by atoms with Gasteiger partial charge in [0, 0.05) is 19.1 Å². The summed E-state index contributed by atoms with van der Waals surface area (Å²) in [7, 11) is 0. The topological polar surface area (TPSA) is 41.6 Å². The van der Waals surface area contributed by atoms with Gasteiger partial charge in [-0.05, 0) is 31.5 Å². The van der Waals surface area contributed by atoms with Gasteiger partial charge < -0.3 is 15.0 Å². The highest BCUT2D eigenvalue weighted by molar-refractivity contribution is 5.76. The predicted molar refractivity (Wildman–Crippen MR) is 79.8 cm³/mol. The molecule has 1 amide bonds. The first kappa shape index (κ1) is 14.9. The fraction of sp³-hybridized carbons (Fsp3) is 0.562. The summed E-state index contributed by atoms with van der Waals surface area (Å²) in [6.07, 6.45) is 2.51. The highest BCUT2D eigenvalue weighted by atomic mass is 16.5. The second-order valence-corrected chi connectivity index (χ2v) is 5.15. The van der Waals surface area contributed by atoms with E-state index in [9.17, 15) is 4.79 Å². The average Bonchev–Trinajstić information content (AvgIpc) is 2.99. The van der Waals surface area contributed by atoms with Crippen LogP contribution < -0.4 is 10.1 Å². The number of para-hydroxylation sites is 1. The van der Waals surface area contributed by atoms with Crippen LogP contribution in [-0.2, 0) is 4.79 Å². The molecule has 0 spiro atoms. The normalized spacial score (nSPS) is 17.9. The largest absolute Gasteiger partial charge is 0.493 e. The van der Waals surface area contributed by atoms with Crippen LogP contribution in [0.1, 0.15) is 26.2 Å². The van der Waals surface area contributed by atoms with Crippen molar-refractivity contribution in [2.45, 2.75) is 32.2 Å². The Morgan fingerprint density at radius 2 is 2.20 bits per heavy atom. The maximum atomic E-state index is 12.3. The molecule has 1 aromatic rings. The number of hydrogen-bond acceptors (Lipinski definition) is 3. The van der Waals surface area contributed by atoms with Crippen molar-refractivity contribution in [2.75, 3.05) is 26.2 Å². The van der Waals surface area contributed by atoms with Gasteiger partial charge in [0.15, 0.2) is 0 Å². The third-order valence-corrected chi connectivity index (χ3v) is 3.59. The first-order chi connectivity index (χ1) is 9.81. The molecule has 0 aromatic heterocycles. The molecule has 0 saturated carbocycles. The molecule has 1 aliphatic rings. The minimum absolute atomic E-state index is 0.205. The Hall–Kier alpha value is -1.55. The van der Waals surface area contributed by atoms with E-state index in [4.69, 9.17) is 4.74 Å². The summed E-state index contributed by atoms with van der Waals surface area (Å²) in [5.74, 6) is 1.03. The minimum atomic E-state index is 0.205. The van der Waals surface area contributed by atoms with E-state index < -0.39 is 0 Å². The van der Waals surface area contributed by atoms with E-state index in [0.717, 1.165) is 38.2 Å². The lowest BCUT2D eigenvalue weighted by Crippen LogP contribution is -2.42. The van der Waals surface area contributed by atoms with Crippen LogP contribution in [0.3, 0.4) is 0 Å². The standard InChI is InChI=1S/C16H24N2O2/c1-2-11-18(14-8-10-17-13-14)16(19)9-12-20-15-6-4-3-5-7-15/h3-7,14,17H,2,8-13H2,1H3. The van der Waals surface area contributed by atoms with Crippen LogP contribution in [0, 0.1) is 0 Å². The van der Waals surface area contributed by atoms with Crippen molar-refractivity contribution in [1.82, 2.24) is 10.2 Å². The smallest absolute Gasteiger partial charge is 0.226 e. The van der Waals surface area contributed by atoms with Gasteiger partial charge in [0.25, 0.3) is 0 Å². The Morgan fingerprint density at radius 3 is 2.85 bits per heavy atom. The third kappa shape index (κ3) is 4.23. The molecule has 1 aromatic carbocycles. The van der Waals surface area contributed by atoms with Crippen molar-refractivity contribution in [3.05, 3.63) is 30.3 Å². The maximum Gasteiger partial charge on any atom is 0.226 e. The summed E-state index contributed by atoms with van der Waals surface area (Å²) >= 11 is 0. The van der Waals surface area contributed by atoms with Crippen LogP contribution >= 0.6 is 0 Å². The molecule has 1 saturated heterocycles. The lowest BCUT2D eigenvalue weighted by molar-refractivity contribution is -0.133. The molecule has 0 radical (unpaired) electrons. The molecule has 0 aliphatic carbocycles. The van der Waals surface area contributed by atoms with E-state index in [1.54, 1.807) is 0 Å². The van der Waals surface area contributed by atoms with E-state index in [1.165, 1.54) is 0 Å². The molecule has 1 N–H and O–H groups in total. The number of ether oxygens (including phenoxy) is 1. The molecule has 2 rings (SSSR count). The van der Waals surface area contributed by atoms with Gasteiger partial charge in [-0.15, -0.1) is 0 Å². The Morgan fingerprint density at radius 1 is 1.40 bits per heavy atom. The van der Waals surface area contributed by atoms with Crippen molar-refractivity contribution >= 4 is 5.91 Å². The molecule has 1 aliphatic heterocycles. The van der Waals surface area contributed by atoms with Gasteiger partial charge in [0.2, 0.25) is 5.91 Å². The molecule has 20 heavy (non-hydrogen) atoms. The predicted octanol–water partition coefficient (Wildman–Crippen LogP) is 2.06. The molecule has 4 heteroatoms. The van der Waals surface area contributed by atoms with Crippen LogP contribution in [0.5, 0.6) is 5.75 Å². The van der Waals surface area contributed by atoms with Crippen LogP contribution in [-0.4, -0.2) is 43.1 Å². The molecule has 1 unspecified atom stereocenters. The van der Waals surface area contributed by atoms with E-state index in [1.807, 2.05) is 35.2 Å². The number of amides is 1. The van der Waals surface area contributed by atoms with Crippen molar-refractivity contribution in [1.29, 1.82) is 0 Å². The molecule has 1 heterocycles. The Labute approximate surface area is 121 Å². The van der Waals surface area contributed by atoms with E-state index in [-0.39, 0.29) is 5.91 Å². The summed E-state index contributed by atoms with van der Waals surface area (Å²) in [6, 6.07) is 10.0. The SMILES string of the molecule is CCCN(C(=O)CCOc1ccccc1)C1CCNC1. The van der Waals surface area contributed by atoms with Gasteiger partial charge in [-0.1, -0.05) is 25.1 Å². The van der Waals surface area contributed by atoms with Crippen LogP contribution in [0.25, 0.3) is 0 Å². The van der Waals surface area contributed by atoms with E-state index in [0.29, 0.717) is 19.1 Å². The van der Waals surface area contributed by atoms with Crippen molar-refractivity contribution in [3.63, 3.8) is 0 Å². The minimum Gasteiger partial charge on any atom is -0.493 e. The first-order valence-corrected chi connectivity index (χ1v) is 7.49. The number of nitrogens with one attached hydrogen (secondary N) is 1. The second-order valence-electron chi connectivity index (χ2n) is 5.15. The van der Waals surface area contributed by atoms with Gasteiger partial charge in [-0.25, -0.2) is 0 Å². The molecule has 4 nitrogen and oxygen atoms in total. The number of carbonyl (C=O) groups is 1. The molecule has 1 fully saturated rings. The molecular weight excluding hydrogens is 252 g/mol. The lowest BCUT2D eigenvalue weighted by Gasteiger charge is -2.28. The summed E-state index contributed by atoms with van der Waals surface area (Å²) < 4.78 is 5.60. The van der Waals surface area contributed by atoms with Gasteiger partial charge >= 0.3 is 0 Å². The van der Waals surface area contributed by atoms with Crippen molar-refractivity contribution < 1.29 is 9.53 Å². The monoisotopic (exact) mass is 276 g/mol. The van der Waals surface area contributed by atoms with E-state index in [2.05, 4.69) is 12.2 Å². The van der Waals surface area contributed by atoms with Crippen molar-refractivity contribution in [2.24, 2.45) is 0 Å². The zero-order chi connectivity index (χ0) is 14.2. The zero-order valence-electron chi connectivity index (χ0n) is 12.2. The van der Waals surface area contributed by atoms with Gasteiger partial charge in [-0.2, -0.15) is 0 Å². The Balaban J connectivity index is 1.79. The van der Waals surface area contributed by atoms with Gasteiger partial charge in [0.05, 0.1) is 13.0 Å². The lowest BCUT2D eigenvalue weighted by atomic mass is 10.2. The van der Waals surface area contributed by atoms with Crippen LogP contribution in [0.4, 0.5) is 0 Å². The van der Waals surface area contributed by atoms with Crippen LogP contribution in [0.2, 0.25) is 0 Å². The summed E-state index contributed by atoms with van der Waals surface area (Å²) in [5.41, 5.74) is 0. The van der Waals surface area contributed by atoms with Crippen molar-refractivity contribution in [3.8, 4) is 5.75 Å². The first-order valence-electron chi connectivity index (χ1n) is 7.49. The maximum absolute atomic E-state index is 12.3. The summed E-state index contributed by atoms with van der Waals surface area (Å²) in [4.78, 5) is 14.4. The second kappa shape index (κ2) is 7.90. The Bertz CT molecular complexity index is 402. The number of carbonyl (C=O) groups excluding carboxylic acids is 1. The van der Waals surface area contributed by atoms with E-state index >= 15 is 0 Å². The average molecular weight is 276 g/mol. The molecule has 0 bridgehead atoms. The number of hydrogen-bond donors (Lipinski definition) is 1. The fourth-order valence-electron chi connectivity index (χ4n) is 2.57. The third-order valence-electron chi connectivity index (χ3n) is 3.59.